The summed E-state index contributed by atoms with van der Waals surface area (Å²) < 4.78 is 13.3. The Balaban J connectivity index is 2.67. The average molecular weight is 232 g/mol. The Morgan fingerprint density at radius 2 is 2.06 bits per heavy atom. The van der Waals surface area contributed by atoms with Gasteiger partial charge in [-0.1, -0.05) is 13.8 Å². The molecule has 1 aromatic carbocycles. The summed E-state index contributed by atoms with van der Waals surface area (Å²) in [5.41, 5.74) is 2.83. The minimum atomic E-state index is -0.226. The Kier molecular flexibility index (Phi) is 3.27. The highest BCUT2D eigenvalue weighted by atomic mass is 19.1. The fourth-order valence-electron chi connectivity index (χ4n) is 1.85. The number of fused-ring (bicyclic) bond motifs is 1. The molecule has 1 heterocycles. The second-order valence-electron chi connectivity index (χ2n) is 4.44. The molecule has 0 saturated heterocycles. The molecular formula is C14H17FN2. The van der Waals surface area contributed by atoms with Crippen molar-refractivity contribution in [2.45, 2.75) is 26.7 Å². The number of nitrogens with zero attached hydrogens (tertiary/aromatic N) is 1. The topological polar surface area (TPSA) is 24.9 Å². The lowest BCUT2D eigenvalue weighted by Crippen LogP contribution is -2.01. The van der Waals surface area contributed by atoms with E-state index in [-0.39, 0.29) is 5.82 Å². The van der Waals surface area contributed by atoms with Gasteiger partial charge in [0, 0.05) is 23.3 Å². The highest BCUT2D eigenvalue weighted by molar-refractivity contribution is 5.91. The van der Waals surface area contributed by atoms with Gasteiger partial charge in [-0.2, -0.15) is 0 Å². The highest BCUT2D eigenvalue weighted by Crippen LogP contribution is 2.26. The summed E-state index contributed by atoms with van der Waals surface area (Å²) in [7, 11) is 0. The summed E-state index contributed by atoms with van der Waals surface area (Å²) >= 11 is 0. The quantitative estimate of drug-likeness (QED) is 0.867. The first-order valence-corrected chi connectivity index (χ1v) is 5.96. The summed E-state index contributed by atoms with van der Waals surface area (Å²) in [4.78, 5) is 4.55. The maximum atomic E-state index is 13.3. The molecule has 0 aliphatic rings. The van der Waals surface area contributed by atoms with Gasteiger partial charge in [-0.05, 0) is 37.1 Å². The predicted octanol–water partition coefficient (Wildman–Crippen LogP) is 3.93. The molecule has 0 bridgehead atoms. The molecule has 0 atom stereocenters. The zero-order valence-corrected chi connectivity index (χ0v) is 10.4. The second-order valence-corrected chi connectivity index (χ2v) is 4.44. The van der Waals surface area contributed by atoms with Crippen LogP contribution in [-0.4, -0.2) is 11.5 Å². The lowest BCUT2D eigenvalue weighted by Gasteiger charge is -2.12. The van der Waals surface area contributed by atoms with Crippen LogP contribution in [0.5, 0.6) is 0 Å². The van der Waals surface area contributed by atoms with Crippen LogP contribution in [0.15, 0.2) is 24.3 Å². The van der Waals surface area contributed by atoms with Crippen molar-refractivity contribution in [1.82, 2.24) is 4.98 Å². The third-order valence-corrected chi connectivity index (χ3v) is 2.75. The Morgan fingerprint density at radius 1 is 1.29 bits per heavy atom. The molecule has 0 aliphatic heterocycles. The van der Waals surface area contributed by atoms with Crippen molar-refractivity contribution in [2.75, 3.05) is 11.9 Å². The van der Waals surface area contributed by atoms with Crippen LogP contribution in [0.1, 0.15) is 32.4 Å². The number of benzene rings is 1. The summed E-state index contributed by atoms with van der Waals surface area (Å²) in [5.74, 6) is 0.137. The van der Waals surface area contributed by atoms with Gasteiger partial charge in [-0.25, -0.2) is 4.39 Å². The van der Waals surface area contributed by atoms with Crippen molar-refractivity contribution in [1.29, 1.82) is 0 Å². The minimum absolute atomic E-state index is 0.226. The molecule has 2 nitrogen and oxygen atoms in total. The number of pyridine rings is 1. The van der Waals surface area contributed by atoms with Crippen molar-refractivity contribution in [3.63, 3.8) is 0 Å². The Morgan fingerprint density at radius 3 is 2.71 bits per heavy atom. The van der Waals surface area contributed by atoms with Crippen molar-refractivity contribution in [3.8, 4) is 0 Å². The van der Waals surface area contributed by atoms with Crippen molar-refractivity contribution in [2.24, 2.45) is 0 Å². The van der Waals surface area contributed by atoms with E-state index in [1.807, 2.05) is 13.0 Å². The van der Waals surface area contributed by atoms with Gasteiger partial charge in [0.1, 0.15) is 5.82 Å². The predicted molar refractivity (Wildman–Crippen MR) is 70.0 cm³/mol. The van der Waals surface area contributed by atoms with Crippen LogP contribution in [0.25, 0.3) is 10.9 Å². The van der Waals surface area contributed by atoms with Crippen LogP contribution in [0.3, 0.4) is 0 Å². The first-order chi connectivity index (χ1) is 8.11. The molecule has 1 N–H and O–H groups in total. The zero-order chi connectivity index (χ0) is 12.4. The van der Waals surface area contributed by atoms with Gasteiger partial charge in [0.2, 0.25) is 0 Å². The largest absolute Gasteiger partial charge is 0.385 e. The maximum absolute atomic E-state index is 13.3. The van der Waals surface area contributed by atoms with Gasteiger partial charge >= 0.3 is 0 Å². The van der Waals surface area contributed by atoms with E-state index in [9.17, 15) is 4.39 Å². The lowest BCUT2D eigenvalue weighted by atomic mass is 10.1. The van der Waals surface area contributed by atoms with E-state index in [0.717, 1.165) is 28.8 Å². The van der Waals surface area contributed by atoms with E-state index in [4.69, 9.17) is 0 Å². The first-order valence-electron chi connectivity index (χ1n) is 5.96. The molecule has 0 spiro atoms. The first kappa shape index (κ1) is 11.8. The Labute approximate surface area is 101 Å². The van der Waals surface area contributed by atoms with Crippen molar-refractivity contribution >= 4 is 16.6 Å². The summed E-state index contributed by atoms with van der Waals surface area (Å²) in [6.07, 6.45) is 0. The number of anilines is 1. The normalized spacial score (nSPS) is 11.1. The number of hydrogen-bond donors (Lipinski definition) is 1. The monoisotopic (exact) mass is 232 g/mol. The fraction of sp³-hybridized carbons (Fsp3) is 0.357. The molecule has 17 heavy (non-hydrogen) atoms. The summed E-state index contributed by atoms with van der Waals surface area (Å²) in [6, 6.07) is 6.73. The second kappa shape index (κ2) is 4.70. The third kappa shape index (κ3) is 2.38. The third-order valence-electron chi connectivity index (χ3n) is 2.75. The van der Waals surface area contributed by atoms with E-state index >= 15 is 0 Å². The molecule has 0 radical (unpaired) electrons. The summed E-state index contributed by atoms with van der Waals surface area (Å²) in [6.45, 7) is 7.05. The molecule has 0 unspecified atom stereocenters. The van der Waals surface area contributed by atoms with Crippen LogP contribution in [0.2, 0.25) is 0 Å². The highest BCUT2D eigenvalue weighted by Gasteiger charge is 2.08. The van der Waals surface area contributed by atoms with Crippen LogP contribution < -0.4 is 5.32 Å². The fourth-order valence-corrected chi connectivity index (χ4v) is 1.85. The van der Waals surface area contributed by atoms with Crippen LogP contribution in [0, 0.1) is 5.82 Å². The van der Waals surface area contributed by atoms with Gasteiger partial charge in [0.15, 0.2) is 0 Å². The van der Waals surface area contributed by atoms with Gasteiger partial charge < -0.3 is 5.32 Å². The molecular weight excluding hydrogens is 215 g/mol. The Hall–Kier alpha value is -1.64. The van der Waals surface area contributed by atoms with Crippen LogP contribution in [-0.2, 0) is 0 Å². The number of nitrogens with one attached hydrogen (secondary N) is 1. The molecule has 0 saturated carbocycles. The van der Waals surface area contributed by atoms with E-state index in [1.165, 1.54) is 12.1 Å². The molecule has 3 heteroatoms. The average Bonchev–Trinajstić information content (AvgIpc) is 2.29. The smallest absolute Gasteiger partial charge is 0.124 e. The maximum Gasteiger partial charge on any atom is 0.124 e. The van der Waals surface area contributed by atoms with Crippen molar-refractivity contribution in [3.05, 3.63) is 35.8 Å². The molecule has 0 fully saturated rings. The Bertz CT molecular complexity index is 535. The standard InChI is InChI=1S/C14H17FN2/c1-4-16-14-8-13(9(2)3)17-12-6-5-10(15)7-11(12)14/h5-9H,4H2,1-3H3,(H,16,17). The number of hydrogen-bond acceptors (Lipinski definition) is 2. The minimum Gasteiger partial charge on any atom is -0.385 e. The van der Waals surface area contributed by atoms with E-state index in [0.29, 0.717) is 5.92 Å². The van der Waals surface area contributed by atoms with E-state index < -0.39 is 0 Å². The van der Waals surface area contributed by atoms with Gasteiger partial charge in [0.05, 0.1) is 5.52 Å². The summed E-state index contributed by atoms with van der Waals surface area (Å²) in [5, 5.41) is 4.11. The number of halogens is 1. The van der Waals surface area contributed by atoms with Crippen molar-refractivity contribution < 1.29 is 4.39 Å². The molecule has 2 aromatic rings. The molecule has 0 amide bonds. The molecule has 2 rings (SSSR count). The van der Waals surface area contributed by atoms with Gasteiger partial charge in [-0.3, -0.25) is 4.98 Å². The molecule has 1 aromatic heterocycles. The number of rotatable bonds is 3. The van der Waals surface area contributed by atoms with Gasteiger partial charge in [0.25, 0.3) is 0 Å². The molecule has 90 valence electrons. The van der Waals surface area contributed by atoms with E-state index in [1.54, 1.807) is 6.07 Å². The van der Waals surface area contributed by atoms with Gasteiger partial charge in [-0.15, -0.1) is 0 Å². The lowest BCUT2D eigenvalue weighted by molar-refractivity contribution is 0.629. The number of aromatic nitrogens is 1. The van der Waals surface area contributed by atoms with Crippen LogP contribution in [0.4, 0.5) is 10.1 Å². The van der Waals surface area contributed by atoms with E-state index in [2.05, 4.69) is 24.1 Å². The van der Waals surface area contributed by atoms with Crippen LogP contribution >= 0.6 is 0 Å². The SMILES string of the molecule is CCNc1cc(C(C)C)nc2ccc(F)cc12. The molecule has 0 aliphatic carbocycles. The zero-order valence-electron chi connectivity index (χ0n) is 10.4.